The summed E-state index contributed by atoms with van der Waals surface area (Å²) in [6, 6.07) is 4.59. The maximum atomic E-state index is 11.2. The Morgan fingerprint density at radius 3 is 2.65 bits per heavy atom. The Morgan fingerprint density at radius 1 is 1.55 bits per heavy atom. The SMILES string of the molecule is Cc1c(OC(C)CC(C)(N)C(N)=O)cccc1[N+](=O)[O-]. The van der Waals surface area contributed by atoms with Crippen molar-refractivity contribution in [3.05, 3.63) is 33.9 Å². The van der Waals surface area contributed by atoms with Crippen LogP contribution in [0.5, 0.6) is 5.75 Å². The maximum Gasteiger partial charge on any atom is 0.276 e. The van der Waals surface area contributed by atoms with Gasteiger partial charge in [-0.05, 0) is 26.8 Å². The van der Waals surface area contributed by atoms with Gasteiger partial charge in [-0.15, -0.1) is 0 Å². The van der Waals surface area contributed by atoms with Crippen LogP contribution in [0.1, 0.15) is 25.8 Å². The highest BCUT2D eigenvalue weighted by Crippen LogP contribution is 2.28. The molecule has 20 heavy (non-hydrogen) atoms. The smallest absolute Gasteiger partial charge is 0.276 e. The van der Waals surface area contributed by atoms with Gasteiger partial charge in [0.05, 0.1) is 22.1 Å². The van der Waals surface area contributed by atoms with E-state index in [0.717, 1.165) is 0 Å². The number of nitrogens with zero attached hydrogens (tertiary/aromatic N) is 1. The summed E-state index contributed by atoms with van der Waals surface area (Å²) in [5, 5.41) is 10.8. The topological polar surface area (TPSA) is 121 Å². The Kier molecular flexibility index (Phi) is 4.67. The highest BCUT2D eigenvalue weighted by Gasteiger charge is 2.29. The van der Waals surface area contributed by atoms with Crippen molar-refractivity contribution in [2.24, 2.45) is 11.5 Å². The van der Waals surface area contributed by atoms with E-state index in [9.17, 15) is 14.9 Å². The second-order valence-electron chi connectivity index (χ2n) is 5.07. The van der Waals surface area contributed by atoms with Crippen LogP contribution < -0.4 is 16.2 Å². The molecule has 2 atom stereocenters. The number of carbonyl (C=O) groups excluding carboxylic acids is 1. The molecule has 0 saturated heterocycles. The van der Waals surface area contributed by atoms with Crippen molar-refractivity contribution >= 4 is 11.6 Å². The van der Waals surface area contributed by atoms with E-state index in [1.54, 1.807) is 26.0 Å². The van der Waals surface area contributed by atoms with Crippen LogP contribution in [0.2, 0.25) is 0 Å². The standard InChI is InChI=1S/C13H19N3O4/c1-8(7-13(3,15)12(14)17)20-11-6-4-5-10(9(11)2)16(18)19/h4-6,8H,7,15H2,1-3H3,(H2,14,17). The van der Waals surface area contributed by atoms with Crippen molar-refractivity contribution in [2.45, 2.75) is 38.8 Å². The van der Waals surface area contributed by atoms with E-state index in [2.05, 4.69) is 0 Å². The molecule has 0 aliphatic carbocycles. The number of amides is 1. The van der Waals surface area contributed by atoms with E-state index in [-0.39, 0.29) is 12.1 Å². The first kappa shape index (κ1) is 15.9. The lowest BCUT2D eigenvalue weighted by Gasteiger charge is -2.25. The molecule has 1 rings (SSSR count). The van der Waals surface area contributed by atoms with Gasteiger partial charge in [-0.25, -0.2) is 0 Å². The lowest BCUT2D eigenvalue weighted by Crippen LogP contribution is -2.51. The molecule has 1 amide bonds. The molecule has 2 unspecified atom stereocenters. The third-order valence-corrected chi connectivity index (χ3v) is 3.05. The van der Waals surface area contributed by atoms with Gasteiger partial charge in [0.15, 0.2) is 0 Å². The third-order valence-electron chi connectivity index (χ3n) is 3.05. The fourth-order valence-corrected chi connectivity index (χ4v) is 1.88. The summed E-state index contributed by atoms with van der Waals surface area (Å²) in [6.45, 7) is 4.86. The predicted octanol–water partition coefficient (Wildman–Crippen LogP) is 1.26. The lowest BCUT2D eigenvalue weighted by molar-refractivity contribution is -0.385. The van der Waals surface area contributed by atoms with Gasteiger partial charge >= 0.3 is 0 Å². The van der Waals surface area contributed by atoms with Gasteiger partial charge in [0, 0.05) is 12.5 Å². The van der Waals surface area contributed by atoms with Gasteiger partial charge in [-0.1, -0.05) is 6.07 Å². The first-order chi connectivity index (χ1) is 9.15. The van der Waals surface area contributed by atoms with E-state index in [4.69, 9.17) is 16.2 Å². The highest BCUT2D eigenvalue weighted by molar-refractivity contribution is 5.83. The molecule has 7 heteroatoms. The molecule has 0 fully saturated rings. The molecular formula is C13H19N3O4. The molecule has 1 aromatic rings. The molecule has 0 heterocycles. The summed E-state index contributed by atoms with van der Waals surface area (Å²) in [5.74, 6) is -0.226. The maximum absolute atomic E-state index is 11.2. The van der Waals surface area contributed by atoms with Gasteiger partial charge in [0.1, 0.15) is 5.75 Å². The molecule has 0 aliphatic rings. The van der Waals surface area contributed by atoms with Crippen LogP contribution in [0.15, 0.2) is 18.2 Å². The van der Waals surface area contributed by atoms with Crippen molar-refractivity contribution < 1.29 is 14.5 Å². The van der Waals surface area contributed by atoms with Crippen LogP contribution in [-0.2, 0) is 4.79 Å². The summed E-state index contributed by atoms with van der Waals surface area (Å²) in [4.78, 5) is 21.5. The minimum atomic E-state index is -1.19. The minimum Gasteiger partial charge on any atom is -0.490 e. The summed E-state index contributed by atoms with van der Waals surface area (Å²) in [7, 11) is 0. The number of nitrogens with two attached hydrogens (primary N) is 2. The Balaban J connectivity index is 2.87. The van der Waals surface area contributed by atoms with E-state index in [1.165, 1.54) is 13.0 Å². The number of rotatable bonds is 6. The van der Waals surface area contributed by atoms with Gasteiger partial charge in [-0.2, -0.15) is 0 Å². The van der Waals surface area contributed by atoms with Crippen LogP contribution in [-0.4, -0.2) is 22.5 Å². The van der Waals surface area contributed by atoms with Crippen LogP contribution >= 0.6 is 0 Å². The fraction of sp³-hybridized carbons (Fsp3) is 0.462. The average Bonchev–Trinajstić information content (AvgIpc) is 2.30. The Labute approximate surface area is 117 Å². The van der Waals surface area contributed by atoms with Gasteiger partial charge < -0.3 is 16.2 Å². The normalized spacial score (nSPS) is 15.2. The molecule has 0 spiro atoms. The molecular weight excluding hydrogens is 262 g/mol. The van der Waals surface area contributed by atoms with Crippen LogP contribution in [0, 0.1) is 17.0 Å². The summed E-state index contributed by atoms with van der Waals surface area (Å²) < 4.78 is 5.63. The summed E-state index contributed by atoms with van der Waals surface area (Å²) in [5.41, 5.74) is 10.2. The number of nitro benzene ring substituents is 1. The lowest BCUT2D eigenvalue weighted by atomic mass is 9.95. The van der Waals surface area contributed by atoms with Crippen LogP contribution in [0.3, 0.4) is 0 Å². The van der Waals surface area contributed by atoms with E-state index in [1.807, 2.05) is 0 Å². The van der Waals surface area contributed by atoms with Crippen molar-refractivity contribution in [1.29, 1.82) is 0 Å². The van der Waals surface area contributed by atoms with Crippen molar-refractivity contribution in [3.63, 3.8) is 0 Å². The molecule has 7 nitrogen and oxygen atoms in total. The fourth-order valence-electron chi connectivity index (χ4n) is 1.88. The quantitative estimate of drug-likeness (QED) is 0.600. The van der Waals surface area contributed by atoms with Crippen molar-refractivity contribution in [1.82, 2.24) is 0 Å². The van der Waals surface area contributed by atoms with Crippen LogP contribution in [0.4, 0.5) is 5.69 Å². The molecule has 110 valence electrons. The Morgan fingerprint density at radius 2 is 2.15 bits per heavy atom. The molecule has 0 aromatic heterocycles. The van der Waals surface area contributed by atoms with Crippen LogP contribution in [0.25, 0.3) is 0 Å². The number of carbonyl (C=O) groups is 1. The average molecular weight is 281 g/mol. The number of ether oxygens (including phenoxy) is 1. The zero-order valence-corrected chi connectivity index (χ0v) is 11.8. The first-order valence-electron chi connectivity index (χ1n) is 6.14. The third kappa shape index (κ3) is 3.67. The molecule has 0 saturated carbocycles. The molecule has 0 bridgehead atoms. The number of nitro groups is 1. The summed E-state index contributed by atoms with van der Waals surface area (Å²) in [6.07, 6.45) is -0.192. The Bertz CT molecular complexity index is 528. The largest absolute Gasteiger partial charge is 0.490 e. The second kappa shape index (κ2) is 5.87. The second-order valence-corrected chi connectivity index (χ2v) is 5.07. The molecule has 4 N–H and O–H groups in total. The number of hydrogen-bond acceptors (Lipinski definition) is 5. The molecule has 0 radical (unpaired) electrons. The zero-order valence-electron chi connectivity index (χ0n) is 11.8. The minimum absolute atomic E-state index is 0.0138. The number of hydrogen-bond donors (Lipinski definition) is 2. The Hall–Kier alpha value is -2.15. The van der Waals surface area contributed by atoms with Crippen molar-refractivity contribution in [2.75, 3.05) is 0 Å². The molecule has 1 aromatic carbocycles. The summed E-state index contributed by atoms with van der Waals surface area (Å²) >= 11 is 0. The highest BCUT2D eigenvalue weighted by atomic mass is 16.6. The van der Waals surface area contributed by atoms with Crippen molar-refractivity contribution in [3.8, 4) is 5.75 Å². The first-order valence-corrected chi connectivity index (χ1v) is 6.14. The van der Waals surface area contributed by atoms with Gasteiger partial charge in [0.25, 0.3) is 5.69 Å². The molecule has 0 aliphatic heterocycles. The van der Waals surface area contributed by atoms with E-state index >= 15 is 0 Å². The van der Waals surface area contributed by atoms with E-state index < -0.39 is 22.5 Å². The van der Waals surface area contributed by atoms with Gasteiger partial charge in [0.2, 0.25) is 5.91 Å². The van der Waals surface area contributed by atoms with E-state index in [0.29, 0.717) is 11.3 Å². The van der Waals surface area contributed by atoms with Gasteiger partial charge in [-0.3, -0.25) is 14.9 Å². The monoisotopic (exact) mass is 281 g/mol. The number of benzene rings is 1. The number of primary amides is 1. The predicted molar refractivity (Wildman–Crippen MR) is 74.3 cm³/mol. The zero-order chi connectivity index (χ0) is 15.5.